The van der Waals surface area contributed by atoms with E-state index in [9.17, 15) is 9.18 Å². The molecule has 4 rings (SSSR count). The van der Waals surface area contributed by atoms with E-state index < -0.39 is 0 Å². The van der Waals surface area contributed by atoms with Crippen molar-refractivity contribution in [2.45, 2.75) is 13.0 Å². The van der Waals surface area contributed by atoms with E-state index in [2.05, 4.69) is 20.9 Å². The fourth-order valence-corrected chi connectivity index (χ4v) is 3.65. The van der Waals surface area contributed by atoms with Crippen molar-refractivity contribution in [2.24, 2.45) is 0 Å². The predicted octanol–water partition coefficient (Wildman–Crippen LogP) is 4.27. The Kier molecular flexibility index (Phi) is 3.45. The maximum absolute atomic E-state index is 13.5. The zero-order valence-corrected chi connectivity index (χ0v) is 13.9. The lowest BCUT2D eigenvalue weighted by molar-refractivity contribution is 0.0732. The summed E-state index contributed by atoms with van der Waals surface area (Å²) in [6.07, 6.45) is 0.731. The fraction of sp³-hybridized carbons (Fsp3) is 0.167. The van der Waals surface area contributed by atoms with E-state index >= 15 is 0 Å². The van der Waals surface area contributed by atoms with Gasteiger partial charge in [-0.25, -0.2) is 4.39 Å². The number of aromatic amines is 1. The molecule has 2 heterocycles. The lowest BCUT2D eigenvalue weighted by Gasteiger charge is -2.27. The van der Waals surface area contributed by atoms with Gasteiger partial charge in [-0.3, -0.25) is 4.79 Å². The van der Waals surface area contributed by atoms with Crippen LogP contribution in [-0.4, -0.2) is 22.3 Å². The Balaban J connectivity index is 1.68. The van der Waals surface area contributed by atoms with E-state index in [0.29, 0.717) is 18.7 Å². The third-order valence-corrected chi connectivity index (χ3v) is 5.02. The zero-order chi connectivity index (χ0) is 16.0. The third-order valence-electron chi connectivity index (χ3n) is 4.33. The minimum absolute atomic E-state index is 0.00737. The van der Waals surface area contributed by atoms with Crippen molar-refractivity contribution >= 4 is 32.7 Å². The Morgan fingerprint density at radius 1 is 1.22 bits per heavy atom. The first-order chi connectivity index (χ1) is 11.1. The van der Waals surface area contributed by atoms with Crippen LogP contribution in [0.1, 0.15) is 21.6 Å². The molecule has 3 aromatic rings. The standard InChI is InChI=1S/C18H14BrFN2O/c19-15-4-2-1-3-13(15)18(23)22-8-7-12-14-9-11(20)5-6-16(14)21-17(12)10-22/h1-6,9,21H,7-8,10H2. The maximum Gasteiger partial charge on any atom is 0.255 e. The SMILES string of the molecule is O=C(c1ccccc1Br)N1CCc2c([nH]c3ccc(F)cc23)C1. The van der Waals surface area contributed by atoms with Crippen LogP contribution < -0.4 is 0 Å². The van der Waals surface area contributed by atoms with Gasteiger partial charge in [0.25, 0.3) is 5.91 Å². The fourth-order valence-electron chi connectivity index (χ4n) is 3.19. The van der Waals surface area contributed by atoms with Crippen molar-refractivity contribution in [1.82, 2.24) is 9.88 Å². The van der Waals surface area contributed by atoms with E-state index in [0.717, 1.165) is 33.1 Å². The molecule has 0 spiro atoms. The molecule has 0 bridgehead atoms. The van der Waals surface area contributed by atoms with Crippen LogP contribution in [0.4, 0.5) is 4.39 Å². The molecule has 116 valence electrons. The number of benzene rings is 2. The van der Waals surface area contributed by atoms with Crippen molar-refractivity contribution in [3.8, 4) is 0 Å². The highest BCUT2D eigenvalue weighted by Gasteiger charge is 2.25. The topological polar surface area (TPSA) is 36.1 Å². The van der Waals surface area contributed by atoms with Gasteiger partial charge in [0.15, 0.2) is 0 Å². The number of rotatable bonds is 1. The minimum atomic E-state index is -0.231. The third kappa shape index (κ3) is 2.45. The molecule has 23 heavy (non-hydrogen) atoms. The van der Waals surface area contributed by atoms with Crippen molar-refractivity contribution in [3.63, 3.8) is 0 Å². The Morgan fingerprint density at radius 2 is 2.04 bits per heavy atom. The predicted molar refractivity (Wildman–Crippen MR) is 90.8 cm³/mol. The lowest BCUT2D eigenvalue weighted by Crippen LogP contribution is -2.36. The molecule has 0 aliphatic carbocycles. The smallest absolute Gasteiger partial charge is 0.255 e. The number of nitrogens with one attached hydrogen (secondary N) is 1. The van der Waals surface area contributed by atoms with Crippen LogP contribution in [0.15, 0.2) is 46.9 Å². The molecule has 1 N–H and O–H groups in total. The van der Waals surface area contributed by atoms with Crippen LogP contribution in [0, 0.1) is 5.82 Å². The molecule has 0 fully saturated rings. The van der Waals surface area contributed by atoms with Crippen LogP contribution in [0.3, 0.4) is 0 Å². The van der Waals surface area contributed by atoms with Crippen LogP contribution >= 0.6 is 15.9 Å². The van der Waals surface area contributed by atoms with Gasteiger partial charge in [-0.2, -0.15) is 0 Å². The number of carbonyl (C=O) groups is 1. The lowest BCUT2D eigenvalue weighted by atomic mass is 10.0. The number of hydrogen-bond acceptors (Lipinski definition) is 1. The number of hydrogen-bond donors (Lipinski definition) is 1. The number of fused-ring (bicyclic) bond motifs is 3. The minimum Gasteiger partial charge on any atom is -0.357 e. The molecular formula is C18H14BrFN2O. The van der Waals surface area contributed by atoms with E-state index in [4.69, 9.17) is 0 Å². The molecule has 3 nitrogen and oxygen atoms in total. The quantitative estimate of drug-likeness (QED) is 0.680. The molecule has 1 aliphatic rings. The van der Waals surface area contributed by atoms with Crippen LogP contribution in [0.2, 0.25) is 0 Å². The van der Waals surface area contributed by atoms with E-state index in [1.54, 1.807) is 12.1 Å². The summed E-state index contributed by atoms with van der Waals surface area (Å²) in [5.74, 6) is -0.223. The highest BCUT2D eigenvalue weighted by atomic mass is 79.9. The summed E-state index contributed by atoms with van der Waals surface area (Å²) >= 11 is 3.43. The van der Waals surface area contributed by atoms with Gasteiger partial charge < -0.3 is 9.88 Å². The van der Waals surface area contributed by atoms with E-state index in [-0.39, 0.29) is 11.7 Å². The Labute approximate surface area is 141 Å². The number of carbonyl (C=O) groups excluding carboxylic acids is 1. The van der Waals surface area contributed by atoms with Crippen molar-refractivity contribution in [1.29, 1.82) is 0 Å². The molecule has 0 radical (unpaired) electrons. The normalized spacial score (nSPS) is 14.1. The van der Waals surface area contributed by atoms with Crippen LogP contribution in [0.5, 0.6) is 0 Å². The van der Waals surface area contributed by atoms with Gasteiger partial charge in [-0.05, 0) is 58.2 Å². The zero-order valence-electron chi connectivity index (χ0n) is 12.3. The highest BCUT2D eigenvalue weighted by Crippen LogP contribution is 2.29. The average Bonchev–Trinajstić information content (AvgIpc) is 2.91. The molecule has 1 aliphatic heterocycles. The summed E-state index contributed by atoms with van der Waals surface area (Å²) in [5.41, 5.74) is 3.71. The molecule has 1 aromatic heterocycles. The second-order valence-electron chi connectivity index (χ2n) is 5.73. The maximum atomic E-state index is 13.5. The average molecular weight is 373 g/mol. The van der Waals surface area contributed by atoms with Gasteiger partial charge in [0, 0.05) is 27.6 Å². The highest BCUT2D eigenvalue weighted by molar-refractivity contribution is 9.10. The second kappa shape index (κ2) is 5.49. The summed E-state index contributed by atoms with van der Waals surface area (Å²) in [7, 11) is 0. The number of aromatic nitrogens is 1. The van der Waals surface area contributed by atoms with Crippen molar-refractivity contribution in [2.75, 3.05) is 6.54 Å². The summed E-state index contributed by atoms with van der Waals surface area (Å²) in [5, 5.41) is 0.924. The number of halogens is 2. The van der Waals surface area contributed by atoms with Gasteiger partial charge in [0.05, 0.1) is 12.1 Å². The molecule has 5 heteroatoms. The van der Waals surface area contributed by atoms with Gasteiger partial charge in [-0.15, -0.1) is 0 Å². The first-order valence-corrected chi connectivity index (χ1v) is 8.25. The van der Waals surface area contributed by atoms with Gasteiger partial charge in [-0.1, -0.05) is 12.1 Å². The summed E-state index contributed by atoms with van der Waals surface area (Å²) in [6.45, 7) is 1.16. The van der Waals surface area contributed by atoms with E-state index in [1.807, 2.05) is 29.2 Å². The van der Waals surface area contributed by atoms with Crippen LogP contribution in [0.25, 0.3) is 10.9 Å². The Bertz CT molecular complexity index is 919. The molecule has 0 saturated heterocycles. The molecular weight excluding hydrogens is 359 g/mol. The molecule has 0 saturated carbocycles. The summed E-state index contributed by atoms with van der Waals surface area (Å²) in [4.78, 5) is 17.9. The van der Waals surface area contributed by atoms with Gasteiger partial charge in [0.1, 0.15) is 5.82 Å². The molecule has 1 amide bonds. The monoisotopic (exact) mass is 372 g/mol. The first-order valence-electron chi connectivity index (χ1n) is 7.46. The van der Waals surface area contributed by atoms with Gasteiger partial charge >= 0.3 is 0 Å². The van der Waals surface area contributed by atoms with Gasteiger partial charge in [0.2, 0.25) is 0 Å². The van der Waals surface area contributed by atoms with Crippen LogP contribution in [-0.2, 0) is 13.0 Å². The van der Waals surface area contributed by atoms with E-state index in [1.165, 1.54) is 6.07 Å². The largest absolute Gasteiger partial charge is 0.357 e. The summed E-state index contributed by atoms with van der Waals surface area (Å²) < 4.78 is 14.3. The molecule has 0 unspecified atom stereocenters. The van der Waals surface area contributed by atoms with Crippen molar-refractivity contribution in [3.05, 3.63) is 69.6 Å². The molecule has 2 aromatic carbocycles. The second-order valence-corrected chi connectivity index (χ2v) is 6.58. The number of nitrogens with zero attached hydrogens (tertiary/aromatic N) is 1. The summed E-state index contributed by atoms with van der Waals surface area (Å²) in [6, 6.07) is 12.2. The molecule has 0 atom stereocenters. The first kappa shape index (κ1) is 14.5. The van der Waals surface area contributed by atoms with Crippen molar-refractivity contribution < 1.29 is 9.18 Å². The Morgan fingerprint density at radius 3 is 2.87 bits per heavy atom. The number of H-pyrrole nitrogens is 1. The Hall–Kier alpha value is -2.14. The number of amides is 1.